The molecule has 1 fully saturated rings. The minimum absolute atomic E-state index is 0.0842. The lowest BCUT2D eigenvalue weighted by Gasteiger charge is -2.22. The van der Waals surface area contributed by atoms with Gasteiger partial charge < -0.3 is 16.4 Å². The Morgan fingerprint density at radius 1 is 1.55 bits per heavy atom. The van der Waals surface area contributed by atoms with E-state index in [0.29, 0.717) is 23.2 Å². The lowest BCUT2D eigenvalue weighted by molar-refractivity contribution is 0.0960. The highest BCUT2D eigenvalue weighted by Gasteiger charge is 2.23. The number of nitrogens with one attached hydrogen (secondary N) is 2. The van der Waals surface area contributed by atoms with Crippen LogP contribution >= 0.6 is 11.3 Å². The van der Waals surface area contributed by atoms with Gasteiger partial charge in [0, 0.05) is 19.1 Å². The van der Waals surface area contributed by atoms with Gasteiger partial charge in [-0.25, -0.2) is 0 Å². The Balaban J connectivity index is 1.93. The third-order valence-corrected chi connectivity index (χ3v) is 4.83. The van der Waals surface area contributed by atoms with E-state index >= 15 is 0 Å². The molecular formula is C14H24N4OS. The second-order valence-electron chi connectivity index (χ2n) is 5.06. The van der Waals surface area contributed by atoms with Crippen molar-refractivity contribution in [2.75, 3.05) is 37.2 Å². The van der Waals surface area contributed by atoms with Gasteiger partial charge in [0.1, 0.15) is 4.88 Å². The summed E-state index contributed by atoms with van der Waals surface area (Å²) in [7, 11) is 0. The first-order chi connectivity index (χ1) is 9.65. The number of amides is 1. The maximum atomic E-state index is 11.8. The lowest BCUT2D eigenvalue weighted by atomic mass is 10.2. The zero-order valence-electron chi connectivity index (χ0n) is 12.2. The lowest BCUT2D eigenvalue weighted by Crippen LogP contribution is -2.34. The molecule has 112 valence electrons. The molecule has 1 atom stereocenters. The Kier molecular flexibility index (Phi) is 5.25. The molecule has 5 nitrogen and oxygen atoms in total. The van der Waals surface area contributed by atoms with E-state index in [1.165, 1.54) is 30.7 Å². The summed E-state index contributed by atoms with van der Waals surface area (Å²) in [5.41, 5.74) is 6.47. The number of carbonyl (C=O) groups is 1. The summed E-state index contributed by atoms with van der Waals surface area (Å²) in [4.78, 5) is 14.9. The quantitative estimate of drug-likeness (QED) is 0.750. The second-order valence-corrected chi connectivity index (χ2v) is 6.11. The molecule has 1 unspecified atom stereocenters. The predicted octanol–water partition coefficient (Wildman–Crippen LogP) is 1.98. The van der Waals surface area contributed by atoms with Gasteiger partial charge in [0.05, 0.1) is 10.7 Å². The Bertz CT molecular complexity index is 460. The van der Waals surface area contributed by atoms with Gasteiger partial charge in [-0.15, -0.1) is 11.3 Å². The average Bonchev–Trinajstić information content (AvgIpc) is 3.02. The predicted molar refractivity (Wildman–Crippen MR) is 85.5 cm³/mol. The molecule has 1 aliphatic heterocycles. The monoisotopic (exact) mass is 296 g/mol. The highest BCUT2D eigenvalue weighted by Crippen LogP contribution is 2.29. The van der Waals surface area contributed by atoms with Gasteiger partial charge in [-0.05, 0) is 38.9 Å². The number of thiophene rings is 1. The summed E-state index contributed by atoms with van der Waals surface area (Å²) >= 11 is 1.43. The molecule has 1 aliphatic rings. The van der Waals surface area contributed by atoms with Crippen LogP contribution < -0.4 is 16.4 Å². The van der Waals surface area contributed by atoms with E-state index in [9.17, 15) is 4.79 Å². The van der Waals surface area contributed by atoms with Crippen LogP contribution in [0.3, 0.4) is 0 Å². The van der Waals surface area contributed by atoms with Gasteiger partial charge in [-0.1, -0.05) is 6.92 Å². The topological polar surface area (TPSA) is 70.4 Å². The third-order valence-electron chi connectivity index (χ3n) is 3.72. The molecule has 4 N–H and O–H groups in total. The molecular weight excluding hydrogens is 272 g/mol. The van der Waals surface area contributed by atoms with Crippen LogP contribution in [0, 0.1) is 0 Å². The number of likely N-dealkylation sites (N-methyl/N-ethyl adjacent to an activating group) is 1. The van der Waals surface area contributed by atoms with Crippen LogP contribution in [0.4, 0.5) is 10.7 Å². The van der Waals surface area contributed by atoms with Crippen LogP contribution in [0.15, 0.2) is 6.07 Å². The third kappa shape index (κ3) is 3.43. The first-order valence-electron chi connectivity index (χ1n) is 7.31. The molecule has 0 aliphatic carbocycles. The van der Waals surface area contributed by atoms with Crippen molar-refractivity contribution < 1.29 is 4.79 Å². The van der Waals surface area contributed by atoms with Gasteiger partial charge in [0.15, 0.2) is 0 Å². The minimum atomic E-state index is -0.0842. The standard InChI is InChI=1S/C14H24N4OS/c1-3-16-14(19)13-11(15)8-12(20-13)17-9-10-6-5-7-18(10)4-2/h8,10,17H,3-7,9,15H2,1-2H3,(H,16,19). The molecule has 0 bridgehead atoms. The van der Waals surface area contributed by atoms with Crippen molar-refractivity contribution in [3.05, 3.63) is 10.9 Å². The van der Waals surface area contributed by atoms with E-state index in [-0.39, 0.29) is 5.91 Å². The van der Waals surface area contributed by atoms with Gasteiger partial charge in [-0.2, -0.15) is 0 Å². The summed E-state index contributed by atoms with van der Waals surface area (Å²) in [6.07, 6.45) is 2.52. The number of anilines is 2. The van der Waals surface area contributed by atoms with Crippen molar-refractivity contribution in [1.29, 1.82) is 0 Å². The summed E-state index contributed by atoms with van der Waals surface area (Å²) in [6.45, 7) is 7.94. The fraction of sp³-hybridized carbons (Fsp3) is 0.643. The summed E-state index contributed by atoms with van der Waals surface area (Å²) in [6, 6.07) is 2.46. The SMILES string of the molecule is CCNC(=O)c1sc(NCC2CCCN2CC)cc1N. The summed E-state index contributed by atoms with van der Waals surface area (Å²) < 4.78 is 0. The number of likely N-dealkylation sites (tertiary alicyclic amines) is 1. The van der Waals surface area contributed by atoms with Crippen molar-refractivity contribution in [1.82, 2.24) is 10.2 Å². The zero-order chi connectivity index (χ0) is 14.5. The Labute approximate surface area is 124 Å². The fourth-order valence-electron chi connectivity index (χ4n) is 2.67. The van der Waals surface area contributed by atoms with E-state index < -0.39 is 0 Å². The van der Waals surface area contributed by atoms with E-state index in [2.05, 4.69) is 22.5 Å². The Morgan fingerprint density at radius 2 is 2.35 bits per heavy atom. The summed E-state index contributed by atoms with van der Waals surface area (Å²) in [5, 5.41) is 7.19. The van der Waals surface area contributed by atoms with Gasteiger partial charge in [0.25, 0.3) is 5.91 Å². The minimum Gasteiger partial charge on any atom is -0.397 e. The van der Waals surface area contributed by atoms with Gasteiger partial charge in [0.2, 0.25) is 0 Å². The van der Waals surface area contributed by atoms with E-state index in [4.69, 9.17) is 5.73 Å². The van der Waals surface area contributed by atoms with E-state index in [1.54, 1.807) is 0 Å². The van der Waals surface area contributed by atoms with Crippen molar-refractivity contribution in [3.8, 4) is 0 Å². The molecule has 20 heavy (non-hydrogen) atoms. The molecule has 1 saturated heterocycles. The summed E-state index contributed by atoms with van der Waals surface area (Å²) in [5.74, 6) is -0.0842. The van der Waals surface area contributed by atoms with Crippen molar-refractivity contribution in [2.24, 2.45) is 0 Å². The van der Waals surface area contributed by atoms with Crippen molar-refractivity contribution >= 4 is 27.9 Å². The van der Waals surface area contributed by atoms with Crippen LogP contribution in [0.2, 0.25) is 0 Å². The van der Waals surface area contributed by atoms with Crippen molar-refractivity contribution in [3.63, 3.8) is 0 Å². The number of nitrogen functional groups attached to an aromatic ring is 1. The fourth-order valence-corrected chi connectivity index (χ4v) is 3.57. The first-order valence-corrected chi connectivity index (χ1v) is 8.12. The van der Waals surface area contributed by atoms with Crippen LogP contribution in [0.5, 0.6) is 0 Å². The van der Waals surface area contributed by atoms with Crippen LogP contribution in [0.1, 0.15) is 36.4 Å². The van der Waals surface area contributed by atoms with Crippen molar-refractivity contribution in [2.45, 2.75) is 32.7 Å². The molecule has 0 spiro atoms. The van der Waals surface area contributed by atoms with Gasteiger partial charge >= 0.3 is 0 Å². The number of carbonyl (C=O) groups excluding carboxylic acids is 1. The van der Waals surface area contributed by atoms with Crippen LogP contribution in [0.25, 0.3) is 0 Å². The molecule has 1 aromatic heterocycles. The Hall–Kier alpha value is -1.27. The molecule has 0 saturated carbocycles. The molecule has 1 amide bonds. The molecule has 6 heteroatoms. The second kappa shape index (κ2) is 6.95. The molecule has 1 aromatic rings. The van der Waals surface area contributed by atoms with Gasteiger partial charge in [-0.3, -0.25) is 9.69 Å². The normalized spacial score (nSPS) is 19.2. The van der Waals surface area contributed by atoms with Crippen LogP contribution in [-0.2, 0) is 0 Å². The van der Waals surface area contributed by atoms with Crippen LogP contribution in [-0.4, -0.2) is 43.0 Å². The first kappa shape index (κ1) is 15.1. The number of rotatable bonds is 6. The smallest absolute Gasteiger partial charge is 0.263 e. The molecule has 2 rings (SSSR count). The highest BCUT2D eigenvalue weighted by molar-refractivity contribution is 7.18. The molecule has 0 radical (unpaired) electrons. The highest BCUT2D eigenvalue weighted by atomic mass is 32.1. The maximum absolute atomic E-state index is 11.8. The number of hydrogen-bond donors (Lipinski definition) is 3. The number of hydrogen-bond acceptors (Lipinski definition) is 5. The van der Waals surface area contributed by atoms with E-state index in [1.807, 2.05) is 13.0 Å². The number of nitrogens with zero attached hydrogens (tertiary/aromatic N) is 1. The largest absolute Gasteiger partial charge is 0.397 e. The maximum Gasteiger partial charge on any atom is 0.263 e. The molecule has 0 aromatic carbocycles. The average molecular weight is 296 g/mol. The van der Waals surface area contributed by atoms with E-state index in [0.717, 1.165) is 18.1 Å². The Morgan fingerprint density at radius 3 is 3.05 bits per heavy atom. The number of nitrogens with two attached hydrogens (primary N) is 1. The zero-order valence-corrected chi connectivity index (χ0v) is 13.1. The molecule has 2 heterocycles.